The number of ether oxygens (including phenoxy) is 2. The second-order valence-electron chi connectivity index (χ2n) is 3.02. The molecule has 1 fully saturated rings. The van der Waals surface area contributed by atoms with Crippen LogP contribution in [0.5, 0.6) is 0 Å². The maximum atomic E-state index is 9.00. The predicted molar refractivity (Wildman–Crippen MR) is 49.9 cm³/mol. The molecule has 1 aliphatic heterocycles. The Hall–Kier alpha value is -0.650. The number of carboxylic acid groups (broad SMARTS) is 1. The largest absolute Gasteiger partial charge is 0.481 e. The molecule has 1 saturated heterocycles. The summed E-state index contributed by atoms with van der Waals surface area (Å²) >= 11 is 0. The zero-order valence-electron chi connectivity index (χ0n) is 8.44. The predicted octanol–water partition coefficient (Wildman–Crippen LogP) is 0.613. The number of aliphatic carboxylic acids is 1. The molecular weight excluding hydrogens is 188 g/mol. The van der Waals surface area contributed by atoms with Gasteiger partial charge >= 0.3 is 0 Å². The van der Waals surface area contributed by atoms with Crippen LogP contribution in [0, 0.1) is 0 Å². The average Bonchev–Trinajstić information content (AvgIpc) is 2.56. The third-order valence-corrected chi connectivity index (χ3v) is 1.63. The molecule has 1 aliphatic rings. The van der Waals surface area contributed by atoms with Gasteiger partial charge in [0.1, 0.15) is 6.79 Å². The van der Waals surface area contributed by atoms with Gasteiger partial charge in [0, 0.05) is 13.5 Å². The first-order valence-electron chi connectivity index (χ1n) is 4.66. The first-order chi connectivity index (χ1) is 6.66. The van der Waals surface area contributed by atoms with Crippen molar-refractivity contribution in [3.05, 3.63) is 0 Å². The van der Waals surface area contributed by atoms with Crippen molar-refractivity contribution >= 4 is 5.97 Å². The molecule has 0 aromatic heterocycles. The number of rotatable bonds is 4. The Bertz CT molecular complexity index is 138. The maximum absolute atomic E-state index is 9.00. The van der Waals surface area contributed by atoms with E-state index in [0.717, 1.165) is 32.8 Å². The molecule has 2 N–H and O–H groups in total. The lowest BCUT2D eigenvalue weighted by Crippen LogP contribution is -2.08. The lowest BCUT2D eigenvalue weighted by atomic mass is 10.2. The Labute approximate surface area is 83.6 Å². The van der Waals surface area contributed by atoms with E-state index in [1.165, 1.54) is 0 Å². The normalized spacial score (nSPS) is 20.0. The van der Waals surface area contributed by atoms with E-state index in [9.17, 15) is 0 Å². The van der Waals surface area contributed by atoms with Crippen molar-refractivity contribution < 1.29 is 24.5 Å². The molecule has 14 heavy (non-hydrogen) atoms. The van der Waals surface area contributed by atoms with Gasteiger partial charge in [-0.15, -0.1) is 0 Å². The molecule has 0 aromatic rings. The minimum Gasteiger partial charge on any atom is -0.481 e. The van der Waals surface area contributed by atoms with Crippen LogP contribution in [0.2, 0.25) is 0 Å². The molecule has 0 amide bonds. The van der Waals surface area contributed by atoms with Crippen LogP contribution in [0.3, 0.4) is 0 Å². The van der Waals surface area contributed by atoms with Crippen LogP contribution in [0.25, 0.3) is 0 Å². The molecule has 1 heterocycles. The molecule has 5 heteroatoms. The minimum absolute atomic E-state index is 0.284. The molecule has 0 saturated carbocycles. The molecule has 0 aliphatic carbocycles. The van der Waals surface area contributed by atoms with Crippen LogP contribution < -0.4 is 0 Å². The lowest BCUT2D eigenvalue weighted by Gasteiger charge is -2.04. The number of carbonyl (C=O) groups is 1. The Kier molecular flexibility index (Phi) is 8.51. The van der Waals surface area contributed by atoms with Gasteiger partial charge in [0.25, 0.3) is 5.97 Å². The van der Waals surface area contributed by atoms with Crippen LogP contribution >= 0.6 is 0 Å². The van der Waals surface area contributed by atoms with Crippen LogP contribution in [-0.4, -0.2) is 42.3 Å². The summed E-state index contributed by atoms with van der Waals surface area (Å²) in [6, 6.07) is 0. The van der Waals surface area contributed by atoms with E-state index in [1.54, 1.807) is 0 Å². The fourth-order valence-electron chi connectivity index (χ4n) is 1.02. The monoisotopic (exact) mass is 206 g/mol. The minimum atomic E-state index is -0.833. The Morgan fingerprint density at radius 2 is 2.14 bits per heavy atom. The summed E-state index contributed by atoms with van der Waals surface area (Å²) in [5, 5.41) is 15.9. The SMILES string of the molecule is CC(=O)O.OCCCCC1COCO1. The van der Waals surface area contributed by atoms with Crippen LogP contribution in [0.1, 0.15) is 26.2 Å². The highest BCUT2D eigenvalue weighted by Gasteiger charge is 2.14. The van der Waals surface area contributed by atoms with E-state index >= 15 is 0 Å². The Morgan fingerprint density at radius 3 is 2.57 bits per heavy atom. The van der Waals surface area contributed by atoms with Gasteiger partial charge in [-0.05, 0) is 19.3 Å². The highest BCUT2D eigenvalue weighted by molar-refractivity contribution is 5.62. The van der Waals surface area contributed by atoms with Crippen LogP contribution in [0.15, 0.2) is 0 Å². The highest BCUT2D eigenvalue weighted by atomic mass is 16.7. The summed E-state index contributed by atoms with van der Waals surface area (Å²) in [4.78, 5) is 9.00. The first kappa shape index (κ1) is 13.4. The lowest BCUT2D eigenvalue weighted by molar-refractivity contribution is -0.134. The molecule has 1 rings (SSSR count). The van der Waals surface area contributed by atoms with Crippen molar-refractivity contribution in [2.75, 3.05) is 20.0 Å². The molecule has 0 spiro atoms. The van der Waals surface area contributed by atoms with Gasteiger partial charge in [-0.3, -0.25) is 4.79 Å². The quantitative estimate of drug-likeness (QED) is 0.659. The molecule has 5 nitrogen and oxygen atoms in total. The van der Waals surface area contributed by atoms with E-state index in [4.69, 9.17) is 24.5 Å². The van der Waals surface area contributed by atoms with Crippen molar-refractivity contribution in [2.45, 2.75) is 32.3 Å². The second-order valence-corrected chi connectivity index (χ2v) is 3.02. The number of unbranched alkanes of at least 4 members (excludes halogenated alkanes) is 1. The fraction of sp³-hybridized carbons (Fsp3) is 0.889. The van der Waals surface area contributed by atoms with Gasteiger partial charge in [0.15, 0.2) is 0 Å². The summed E-state index contributed by atoms with van der Waals surface area (Å²) in [6.45, 7) is 2.54. The summed E-state index contributed by atoms with van der Waals surface area (Å²) in [6.07, 6.45) is 3.21. The fourth-order valence-corrected chi connectivity index (χ4v) is 1.02. The zero-order chi connectivity index (χ0) is 10.8. The Balaban J connectivity index is 0.000000364. The third-order valence-electron chi connectivity index (χ3n) is 1.63. The van der Waals surface area contributed by atoms with Crippen molar-refractivity contribution in [3.63, 3.8) is 0 Å². The number of carboxylic acids is 1. The third kappa shape index (κ3) is 9.44. The molecular formula is C9H18O5. The maximum Gasteiger partial charge on any atom is 0.300 e. The molecule has 0 aromatic carbocycles. The Morgan fingerprint density at radius 1 is 1.50 bits per heavy atom. The van der Waals surface area contributed by atoms with Crippen LogP contribution in [0.4, 0.5) is 0 Å². The van der Waals surface area contributed by atoms with E-state index in [1.807, 2.05) is 0 Å². The molecule has 1 unspecified atom stereocenters. The highest BCUT2D eigenvalue weighted by Crippen LogP contribution is 2.10. The van der Waals surface area contributed by atoms with Crippen LogP contribution in [-0.2, 0) is 14.3 Å². The van der Waals surface area contributed by atoms with Gasteiger partial charge in [0.2, 0.25) is 0 Å². The van der Waals surface area contributed by atoms with Gasteiger partial charge in [-0.1, -0.05) is 0 Å². The zero-order valence-corrected chi connectivity index (χ0v) is 8.44. The molecule has 84 valence electrons. The second kappa shape index (κ2) is 8.93. The summed E-state index contributed by atoms with van der Waals surface area (Å²) in [7, 11) is 0. The van der Waals surface area contributed by atoms with Gasteiger partial charge in [0.05, 0.1) is 12.7 Å². The number of aliphatic hydroxyl groups excluding tert-OH is 1. The number of hydrogen-bond donors (Lipinski definition) is 2. The number of hydrogen-bond acceptors (Lipinski definition) is 4. The average molecular weight is 206 g/mol. The smallest absolute Gasteiger partial charge is 0.300 e. The topological polar surface area (TPSA) is 76.0 Å². The van der Waals surface area contributed by atoms with Crippen molar-refractivity contribution in [1.29, 1.82) is 0 Å². The first-order valence-corrected chi connectivity index (χ1v) is 4.66. The standard InChI is InChI=1S/C7H14O3.C2H4O2/c8-4-2-1-3-7-5-9-6-10-7;1-2(3)4/h7-8H,1-6H2;1H3,(H,3,4). The van der Waals surface area contributed by atoms with E-state index in [0.29, 0.717) is 6.79 Å². The molecule has 1 atom stereocenters. The van der Waals surface area contributed by atoms with E-state index < -0.39 is 5.97 Å². The summed E-state index contributed by atoms with van der Waals surface area (Å²) in [5.74, 6) is -0.833. The molecule has 0 bridgehead atoms. The van der Waals surface area contributed by atoms with E-state index in [-0.39, 0.29) is 12.7 Å². The van der Waals surface area contributed by atoms with Gasteiger partial charge in [-0.2, -0.15) is 0 Å². The number of aliphatic hydroxyl groups is 1. The van der Waals surface area contributed by atoms with E-state index in [2.05, 4.69) is 0 Å². The van der Waals surface area contributed by atoms with Crippen molar-refractivity contribution in [3.8, 4) is 0 Å². The van der Waals surface area contributed by atoms with Gasteiger partial charge in [-0.25, -0.2) is 0 Å². The van der Waals surface area contributed by atoms with Crippen molar-refractivity contribution in [2.24, 2.45) is 0 Å². The molecule has 0 radical (unpaired) electrons. The summed E-state index contributed by atoms with van der Waals surface area (Å²) in [5.41, 5.74) is 0. The van der Waals surface area contributed by atoms with Crippen molar-refractivity contribution in [1.82, 2.24) is 0 Å². The van der Waals surface area contributed by atoms with Gasteiger partial charge < -0.3 is 19.7 Å². The summed E-state index contributed by atoms with van der Waals surface area (Å²) < 4.78 is 10.2.